The van der Waals surface area contributed by atoms with Crippen LogP contribution in [0.4, 0.5) is 15.1 Å². The maximum absolute atomic E-state index is 12.0. The lowest BCUT2D eigenvalue weighted by atomic mass is 9.96. The molecule has 0 radical (unpaired) electrons. The number of urea groups is 1. The number of carbonyl (C=O) groups is 1. The summed E-state index contributed by atoms with van der Waals surface area (Å²) in [5.41, 5.74) is 0. The molecule has 1 saturated heterocycles. The van der Waals surface area contributed by atoms with Gasteiger partial charge in [-0.15, -0.1) is 10.2 Å². The normalized spacial score (nSPS) is 20.5. The van der Waals surface area contributed by atoms with Crippen molar-refractivity contribution in [1.82, 2.24) is 20.4 Å². The number of aromatic nitrogens is 2. The van der Waals surface area contributed by atoms with Gasteiger partial charge in [-0.2, -0.15) is 0 Å². The minimum atomic E-state index is -0.157. The summed E-state index contributed by atoms with van der Waals surface area (Å²) in [5, 5.41) is 15.7. The van der Waals surface area contributed by atoms with Crippen molar-refractivity contribution < 1.29 is 4.79 Å². The number of rotatable bonds is 4. The van der Waals surface area contributed by atoms with E-state index in [1.165, 1.54) is 30.6 Å². The van der Waals surface area contributed by atoms with Gasteiger partial charge in [-0.05, 0) is 19.4 Å². The second-order valence-corrected chi connectivity index (χ2v) is 7.20. The van der Waals surface area contributed by atoms with Crippen molar-refractivity contribution in [3.05, 3.63) is 0 Å². The number of hydrogen-bond donors (Lipinski definition) is 2. The van der Waals surface area contributed by atoms with Gasteiger partial charge in [0.15, 0.2) is 0 Å². The fourth-order valence-electron chi connectivity index (χ4n) is 3.21. The first-order valence-electron chi connectivity index (χ1n) is 8.63. The summed E-state index contributed by atoms with van der Waals surface area (Å²) in [6, 6.07) is 0.147. The van der Waals surface area contributed by atoms with Crippen LogP contribution in [0.2, 0.25) is 0 Å². The van der Waals surface area contributed by atoms with Gasteiger partial charge in [-0.25, -0.2) is 4.79 Å². The quantitative estimate of drug-likeness (QED) is 0.880. The van der Waals surface area contributed by atoms with Crippen molar-refractivity contribution in [2.45, 2.75) is 45.1 Å². The van der Waals surface area contributed by atoms with Crippen molar-refractivity contribution >= 4 is 27.6 Å². The Hall–Kier alpha value is -1.41. The van der Waals surface area contributed by atoms with Crippen LogP contribution < -0.4 is 15.5 Å². The highest BCUT2D eigenvalue weighted by molar-refractivity contribution is 7.19. The smallest absolute Gasteiger partial charge is 0.321 e. The molecule has 1 aliphatic heterocycles. The maximum Gasteiger partial charge on any atom is 0.321 e. The molecular weight excluding hydrogens is 312 g/mol. The SMILES string of the molecule is CCN1CCN(c2nnc(NC(=O)NC3CCCCC3)s2)CC1. The molecule has 23 heavy (non-hydrogen) atoms. The highest BCUT2D eigenvalue weighted by atomic mass is 32.1. The van der Waals surface area contributed by atoms with Gasteiger partial charge < -0.3 is 15.1 Å². The summed E-state index contributed by atoms with van der Waals surface area (Å²) >= 11 is 1.45. The van der Waals surface area contributed by atoms with Crippen LogP contribution in [0.3, 0.4) is 0 Å². The fraction of sp³-hybridized carbons (Fsp3) is 0.800. The molecule has 3 rings (SSSR count). The predicted molar refractivity (Wildman–Crippen MR) is 93.3 cm³/mol. The number of likely N-dealkylation sites (N-methyl/N-ethyl adjacent to an activating group) is 1. The number of amides is 2. The van der Waals surface area contributed by atoms with Crippen molar-refractivity contribution in [3.8, 4) is 0 Å². The number of carbonyl (C=O) groups excluding carboxylic acids is 1. The van der Waals surface area contributed by atoms with Gasteiger partial charge in [0.1, 0.15) is 0 Å². The molecule has 1 saturated carbocycles. The third-order valence-electron chi connectivity index (χ3n) is 4.67. The second-order valence-electron chi connectivity index (χ2n) is 6.24. The van der Waals surface area contributed by atoms with E-state index < -0.39 is 0 Å². The average molecular weight is 338 g/mol. The van der Waals surface area contributed by atoms with Crippen LogP contribution >= 0.6 is 11.3 Å². The first-order chi connectivity index (χ1) is 11.2. The van der Waals surface area contributed by atoms with E-state index in [1.54, 1.807) is 0 Å². The Labute approximate surface area is 141 Å². The van der Waals surface area contributed by atoms with Crippen LogP contribution in [0.1, 0.15) is 39.0 Å². The highest BCUT2D eigenvalue weighted by Gasteiger charge is 2.20. The third-order valence-corrected chi connectivity index (χ3v) is 5.56. The van der Waals surface area contributed by atoms with Gasteiger partial charge >= 0.3 is 6.03 Å². The zero-order chi connectivity index (χ0) is 16.1. The first-order valence-corrected chi connectivity index (χ1v) is 9.44. The second kappa shape index (κ2) is 7.92. The van der Waals surface area contributed by atoms with Crippen LogP contribution in [0, 0.1) is 0 Å². The summed E-state index contributed by atoms with van der Waals surface area (Å²) < 4.78 is 0. The van der Waals surface area contributed by atoms with Crippen molar-refractivity contribution in [2.24, 2.45) is 0 Å². The van der Waals surface area contributed by atoms with E-state index in [4.69, 9.17) is 0 Å². The van der Waals surface area contributed by atoms with Gasteiger partial charge in [0, 0.05) is 32.2 Å². The van der Waals surface area contributed by atoms with Crippen molar-refractivity contribution in [2.75, 3.05) is 42.9 Å². The molecule has 1 aromatic heterocycles. The molecule has 0 unspecified atom stereocenters. The molecule has 2 aliphatic rings. The van der Waals surface area contributed by atoms with E-state index in [0.717, 1.165) is 50.7 Å². The van der Waals surface area contributed by atoms with Gasteiger partial charge in [-0.3, -0.25) is 5.32 Å². The molecule has 0 aromatic carbocycles. The number of nitrogens with one attached hydrogen (secondary N) is 2. The fourth-order valence-corrected chi connectivity index (χ4v) is 4.01. The zero-order valence-corrected chi connectivity index (χ0v) is 14.6. The molecule has 2 amide bonds. The summed E-state index contributed by atoms with van der Waals surface area (Å²) in [5.74, 6) is 0. The summed E-state index contributed by atoms with van der Waals surface area (Å²) in [7, 11) is 0. The van der Waals surface area contributed by atoms with Gasteiger partial charge in [-0.1, -0.05) is 37.5 Å². The Morgan fingerprint density at radius 2 is 1.91 bits per heavy atom. The molecule has 8 heteroatoms. The lowest BCUT2D eigenvalue weighted by Gasteiger charge is -2.33. The molecule has 1 aromatic rings. The molecular formula is C15H26N6OS. The highest BCUT2D eigenvalue weighted by Crippen LogP contribution is 2.25. The molecule has 0 atom stereocenters. The molecule has 7 nitrogen and oxygen atoms in total. The van der Waals surface area contributed by atoms with Crippen LogP contribution in [-0.4, -0.2) is 59.9 Å². The Morgan fingerprint density at radius 3 is 2.61 bits per heavy atom. The molecule has 128 valence electrons. The van der Waals surface area contributed by atoms with Gasteiger partial charge in [0.05, 0.1) is 0 Å². The van der Waals surface area contributed by atoms with Crippen LogP contribution in [0.15, 0.2) is 0 Å². The summed E-state index contributed by atoms with van der Waals surface area (Å²) in [6.07, 6.45) is 5.85. The zero-order valence-electron chi connectivity index (χ0n) is 13.8. The lowest BCUT2D eigenvalue weighted by Crippen LogP contribution is -2.46. The van der Waals surface area contributed by atoms with Gasteiger partial charge in [0.25, 0.3) is 0 Å². The van der Waals surface area contributed by atoms with E-state index in [-0.39, 0.29) is 6.03 Å². The third kappa shape index (κ3) is 4.54. The Bertz CT molecular complexity index is 508. The van der Waals surface area contributed by atoms with E-state index in [2.05, 4.69) is 37.6 Å². The topological polar surface area (TPSA) is 73.4 Å². The van der Waals surface area contributed by atoms with Crippen molar-refractivity contribution in [1.29, 1.82) is 0 Å². The standard InChI is InChI=1S/C15H26N6OS/c1-2-20-8-10-21(11-9-20)15-19-18-14(23-15)17-13(22)16-12-6-4-3-5-7-12/h12H,2-11H2,1H3,(H2,16,17,18,22). The Kier molecular flexibility index (Phi) is 5.66. The van der Waals surface area contributed by atoms with Crippen LogP contribution in [0.25, 0.3) is 0 Å². The predicted octanol–water partition coefficient (Wildman–Crippen LogP) is 2.13. The molecule has 0 bridgehead atoms. The lowest BCUT2D eigenvalue weighted by molar-refractivity contribution is 0.244. The Morgan fingerprint density at radius 1 is 1.17 bits per heavy atom. The van der Waals surface area contributed by atoms with Crippen LogP contribution in [-0.2, 0) is 0 Å². The first kappa shape index (κ1) is 16.4. The van der Waals surface area contributed by atoms with Crippen molar-refractivity contribution in [3.63, 3.8) is 0 Å². The van der Waals surface area contributed by atoms with E-state index in [9.17, 15) is 4.79 Å². The minimum absolute atomic E-state index is 0.157. The average Bonchev–Trinajstić information content (AvgIpc) is 3.04. The molecule has 2 fully saturated rings. The number of hydrogen-bond acceptors (Lipinski definition) is 6. The largest absolute Gasteiger partial charge is 0.344 e. The van der Waals surface area contributed by atoms with E-state index >= 15 is 0 Å². The monoisotopic (exact) mass is 338 g/mol. The summed E-state index contributed by atoms with van der Waals surface area (Å²) in [4.78, 5) is 16.7. The van der Waals surface area contributed by atoms with Crippen LogP contribution in [0.5, 0.6) is 0 Å². The summed E-state index contributed by atoms with van der Waals surface area (Å²) in [6.45, 7) is 7.33. The van der Waals surface area contributed by atoms with E-state index in [1.807, 2.05) is 0 Å². The molecule has 1 aliphatic carbocycles. The molecule has 0 spiro atoms. The maximum atomic E-state index is 12.0. The molecule has 2 heterocycles. The number of nitrogens with zero attached hydrogens (tertiary/aromatic N) is 4. The Balaban J connectivity index is 1.48. The molecule has 2 N–H and O–H groups in total. The number of anilines is 2. The van der Waals surface area contributed by atoms with E-state index in [0.29, 0.717) is 11.2 Å². The number of piperazine rings is 1. The van der Waals surface area contributed by atoms with Gasteiger partial charge in [0.2, 0.25) is 10.3 Å². The minimum Gasteiger partial charge on any atom is -0.344 e.